The number of hydrazone groups is 1. The van der Waals surface area contributed by atoms with E-state index < -0.39 is 0 Å². The number of nitrogens with zero attached hydrogens (tertiary/aromatic N) is 2. The van der Waals surface area contributed by atoms with Gasteiger partial charge in [0.05, 0.1) is 21.8 Å². The second-order valence-electron chi connectivity index (χ2n) is 7.14. The summed E-state index contributed by atoms with van der Waals surface area (Å²) in [6, 6.07) is 20.6. The van der Waals surface area contributed by atoms with Gasteiger partial charge in [-0.05, 0) is 42.8 Å². The summed E-state index contributed by atoms with van der Waals surface area (Å²) in [6.45, 7) is 2.65. The van der Waals surface area contributed by atoms with Crippen LogP contribution < -0.4 is 11.2 Å². The van der Waals surface area contributed by atoms with E-state index in [2.05, 4.69) is 21.2 Å². The van der Waals surface area contributed by atoms with E-state index in [4.69, 9.17) is 28.9 Å². The van der Waals surface area contributed by atoms with E-state index in [0.29, 0.717) is 27.8 Å². The topological polar surface area (TPSA) is 72.4 Å². The van der Waals surface area contributed by atoms with Crippen LogP contribution in [-0.2, 0) is 6.54 Å². The molecule has 5 nitrogen and oxygen atoms in total. The SMILES string of the molecule is Cc1c(/C=N\NC(=O)c2ccccc2N)c2ccccc2n1Cc1ccc(Cl)c(Cl)c1. The van der Waals surface area contributed by atoms with Gasteiger partial charge in [-0.2, -0.15) is 5.10 Å². The number of benzene rings is 3. The van der Waals surface area contributed by atoms with Crippen molar-refractivity contribution in [1.82, 2.24) is 9.99 Å². The largest absolute Gasteiger partial charge is 0.398 e. The summed E-state index contributed by atoms with van der Waals surface area (Å²) in [4.78, 5) is 12.4. The number of carbonyl (C=O) groups excluding carboxylic acids is 1. The Bertz CT molecular complexity index is 1310. The number of nitrogens with two attached hydrogens (primary N) is 1. The van der Waals surface area contributed by atoms with Crippen molar-refractivity contribution in [3.8, 4) is 0 Å². The highest BCUT2D eigenvalue weighted by Crippen LogP contribution is 2.28. The summed E-state index contributed by atoms with van der Waals surface area (Å²) in [5.74, 6) is -0.355. The van der Waals surface area contributed by atoms with Gasteiger partial charge in [0.25, 0.3) is 5.91 Å². The fraction of sp³-hybridized carbons (Fsp3) is 0.0833. The van der Waals surface area contributed by atoms with Gasteiger partial charge in [0, 0.05) is 34.4 Å². The highest BCUT2D eigenvalue weighted by Gasteiger charge is 2.14. The van der Waals surface area contributed by atoms with Crippen LogP contribution in [-0.4, -0.2) is 16.7 Å². The molecule has 7 heteroatoms. The second-order valence-corrected chi connectivity index (χ2v) is 7.95. The molecule has 1 heterocycles. The Hall–Kier alpha value is -3.28. The van der Waals surface area contributed by atoms with Crippen molar-refractivity contribution in [1.29, 1.82) is 0 Å². The van der Waals surface area contributed by atoms with Crippen LogP contribution in [0.3, 0.4) is 0 Å². The van der Waals surface area contributed by atoms with Gasteiger partial charge in [-0.1, -0.05) is 59.6 Å². The summed E-state index contributed by atoms with van der Waals surface area (Å²) >= 11 is 12.2. The molecule has 0 fully saturated rings. The summed E-state index contributed by atoms with van der Waals surface area (Å²) in [5, 5.41) is 6.28. The van der Waals surface area contributed by atoms with Gasteiger partial charge in [0.2, 0.25) is 0 Å². The van der Waals surface area contributed by atoms with Gasteiger partial charge in [-0.3, -0.25) is 4.79 Å². The molecule has 0 aliphatic rings. The third-order valence-corrected chi connectivity index (χ3v) is 5.91. The first-order valence-electron chi connectivity index (χ1n) is 9.65. The first kappa shape index (κ1) is 21.0. The smallest absolute Gasteiger partial charge is 0.273 e. The fourth-order valence-corrected chi connectivity index (χ4v) is 3.89. The van der Waals surface area contributed by atoms with E-state index in [9.17, 15) is 4.79 Å². The molecule has 3 aromatic carbocycles. The first-order chi connectivity index (χ1) is 15.0. The van der Waals surface area contributed by atoms with E-state index in [-0.39, 0.29) is 5.91 Å². The number of nitrogen functional groups attached to an aromatic ring is 1. The average molecular weight is 451 g/mol. The van der Waals surface area contributed by atoms with E-state index in [0.717, 1.165) is 27.7 Å². The van der Waals surface area contributed by atoms with Crippen LogP contribution in [0.15, 0.2) is 71.8 Å². The zero-order chi connectivity index (χ0) is 22.0. The van der Waals surface area contributed by atoms with Crippen molar-refractivity contribution in [2.24, 2.45) is 5.10 Å². The maximum absolute atomic E-state index is 12.4. The lowest BCUT2D eigenvalue weighted by atomic mass is 10.1. The normalized spacial score (nSPS) is 11.3. The van der Waals surface area contributed by atoms with Crippen LogP contribution >= 0.6 is 23.2 Å². The van der Waals surface area contributed by atoms with Gasteiger partial charge in [0.15, 0.2) is 0 Å². The van der Waals surface area contributed by atoms with Crippen molar-refractivity contribution < 1.29 is 4.79 Å². The summed E-state index contributed by atoms with van der Waals surface area (Å²) < 4.78 is 2.19. The molecule has 4 aromatic rings. The molecule has 3 N–H and O–H groups in total. The minimum atomic E-state index is -0.355. The first-order valence-corrected chi connectivity index (χ1v) is 10.4. The molecule has 0 aliphatic heterocycles. The molecule has 156 valence electrons. The van der Waals surface area contributed by atoms with Crippen molar-refractivity contribution >= 4 is 51.9 Å². The van der Waals surface area contributed by atoms with E-state index >= 15 is 0 Å². The number of nitrogens with one attached hydrogen (secondary N) is 1. The molecule has 0 unspecified atom stereocenters. The lowest BCUT2D eigenvalue weighted by Crippen LogP contribution is -2.19. The predicted molar refractivity (Wildman–Crippen MR) is 128 cm³/mol. The minimum absolute atomic E-state index is 0.355. The molecule has 1 amide bonds. The molecule has 31 heavy (non-hydrogen) atoms. The molecule has 0 bridgehead atoms. The minimum Gasteiger partial charge on any atom is -0.398 e. The van der Waals surface area contributed by atoms with Crippen LogP contribution in [0.25, 0.3) is 10.9 Å². The number of carbonyl (C=O) groups is 1. The van der Waals surface area contributed by atoms with Gasteiger partial charge < -0.3 is 10.3 Å². The molecule has 0 atom stereocenters. The molecule has 0 spiro atoms. The molecule has 0 radical (unpaired) electrons. The van der Waals surface area contributed by atoms with Gasteiger partial charge >= 0.3 is 0 Å². The van der Waals surface area contributed by atoms with E-state index in [1.807, 2.05) is 37.3 Å². The molecule has 4 rings (SSSR count). The average Bonchev–Trinajstić information content (AvgIpc) is 3.02. The maximum atomic E-state index is 12.4. The summed E-state index contributed by atoms with van der Waals surface area (Å²) in [6.07, 6.45) is 1.67. The lowest BCUT2D eigenvalue weighted by molar-refractivity contribution is 0.0956. The van der Waals surface area contributed by atoms with Gasteiger partial charge in [-0.25, -0.2) is 5.43 Å². The standard InChI is InChI=1S/C24H20Cl2N4O/c1-15-19(13-28-29-24(31)18-7-2-4-8-22(18)27)17-6-3-5-9-23(17)30(15)14-16-10-11-20(25)21(26)12-16/h2-13H,14,27H2,1H3,(H,29,31)/b28-13-. The van der Waals surface area contributed by atoms with Crippen molar-refractivity contribution in [3.05, 3.63) is 99.2 Å². The number of para-hydroxylation sites is 2. The van der Waals surface area contributed by atoms with Crippen LogP contribution in [0, 0.1) is 6.92 Å². The Morgan fingerprint density at radius 1 is 1.06 bits per heavy atom. The number of rotatable bonds is 5. The van der Waals surface area contributed by atoms with Gasteiger partial charge in [0.1, 0.15) is 0 Å². The fourth-order valence-electron chi connectivity index (χ4n) is 3.56. The highest BCUT2D eigenvalue weighted by atomic mass is 35.5. The number of aromatic nitrogens is 1. The molecule has 0 saturated carbocycles. The van der Waals surface area contributed by atoms with Crippen molar-refractivity contribution in [3.63, 3.8) is 0 Å². The second kappa shape index (κ2) is 8.84. The van der Waals surface area contributed by atoms with Crippen LogP contribution in [0.4, 0.5) is 5.69 Å². The van der Waals surface area contributed by atoms with Crippen LogP contribution in [0.2, 0.25) is 10.0 Å². The molecule has 0 saturated heterocycles. The third-order valence-electron chi connectivity index (χ3n) is 5.17. The number of amides is 1. The Morgan fingerprint density at radius 3 is 2.58 bits per heavy atom. The van der Waals surface area contributed by atoms with E-state index in [1.54, 1.807) is 36.5 Å². The predicted octanol–water partition coefficient (Wildman–Crippen LogP) is 5.65. The number of fused-ring (bicyclic) bond motifs is 1. The van der Waals surface area contributed by atoms with Crippen LogP contribution in [0.1, 0.15) is 27.2 Å². The molecular weight excluding hydrogens is 431 g/mol. The number of hydrogen-bond acceptors (Lipinski definition) is 3. The maximum Gasteiger partial charge on any atom is 0.273 e. The van der Waals surface area contributed by atoms with Crippen LogP contribution in [0.5, 0.6) is 0 Å². The number of hydrogen-bond donors (Lipinski definition) is 2. The molecule has 1 aromatic heterocycles. The third kappa shape index (κ3) is 4.29. The Labute approximate surface area is 190 Å². The number of anilines is 1. The zero-order valence-corrected chi connectivity index (χ0v) is 18.3. The highest BCUT2D eigenvalue weighted by molar-refractivity contribution is 6.42. The van der Waals surface area contributed by atoms with Crippen molar-refractivity contribution in [2.45, 2.75) is 13.5 Å². The van der Waals surface area contributed by atoms with Gasteiger partial charge in [-0.15, -0.1) is 0 Å². The molecule has 0 aliphatic carbocycles. The van der Waals surface area contributed by atoms with Crippen molar-refractivity contribution in [2.75, 3.05) is 5.73 Å². The van der Waals surface area contributed by atoms with E-state index in [1.165, 1.54) is 0 Å². The Balaban J connectivity index is 1.65. The number of halogens is 2. The lowest BCUT2D eigenvalue weighted by Gasteiger charge is -2.09. The Morgan fingerprint density at radius 2 is 1.81 bits per heavy atom. The summed E-state index contributed by atoms with van der Waals surface area (Å²) in [7, 11) is 0. The Kier molecular flexibility index (Phi) is 5.98. The zero-order valence-electron chi connectivity index (χ0n) is 16.8. The summed E-state index contributed by atoms with van der Waals surface area (Å²) in [5.41, 5.74) is 13.3. The quantitative estimate of drug-likeness (QED) is 0.234. The molecular formula is C24H20Cl2N4O. The monoisotopic (exact) mass is 450 g/mol.